The van der Waals surface area contributed by atoms with Crippen molar-refractivity contribution in [1.82, 2.24) is 9.47 Å². The number of halogens is 2. The highest BCUT2D eigenvalue weighted by Gasteiger charge is 2.43. The van der Waals surface area contributed by atoms with Crippen LogP contribution >= 0.6 is 11.3 Å². The number of nitrogens with zero attached hydrogens (tertiary/aromatic N) is 4. The summed E-state index contributed by atoms with van der Waals surface area (Å²) in [5, 5.41) is 8.82. The summed E-state index contributed by atoms with van der Waals surface area (Å²) < 4.78 is 36.9. The van der Waals surface area contributed by atoms with Crippen LogP contribution in [0.25, 0.3) is 5.69 Å². The Labute approximate surface area is 156 Å². The number of carbonyl (C=O) groups is 1. The lowest BCUT2D eigenvalue weighted by molar-refractivity contribution is -0.286. The lowest BCUT2D eigenvalue weighted by atomic mass is 10.3. The molecule has 0 atom stereocenters. The second-order valence-corrected chi connectivity index (χ2v) is 6.67. The summed E-state index contributed by atoms with van der Waals surface area (Å²) in [7, 11) is 3.13. The Morgan fingerprint density at radius 2 is 2.11 bits per heavy atom. The molecule has 2 aromatic rings. The summed E-state index contributed by atoms with van der Waals surface area (Å²) in [6, 6.07) is 3.80. The first-order chi connectivity index (χ1) is 12.8. The Bertz CT molecular complexity index is 952. The molecule has 0 radical (unpaired) electrons. The van der Waals surface area contributed by atoms with Crippen molar-refractivity contribution in [2.24, 2.45) is 9.98 Å². The van der Waals surface area contributed by atoms with E-state index in [2.05, 4.69) is 19.5 Å². The van der Waals surface area contributed by atoms with E-state index in [0.29, 0.717) is 15.4 Å². The number of aliphatic imine (C=N–C) groups is 1. The maximum absolute atomic E-state index is 13.2. The molecule has 0 unspecified atom stereocenters. The smallest absolute Gasteiger partial charge is 0.395 e. The number of urea groups is 1. The van der Waals surface area contributed by atoms with Crippen molar-refractivity contribution in [3.05, 3.63) is 34.1 Å². The molecule has 8 nitrogen and oxygen atoms in total. The zero-order valence-corrected chi connectivity index (χ0v) is 15.2. The first-order valence-electron chi connectivity index (χ1n) is 7.78. The number of hydrogen-bond acceptors (Lipinski definition) is 6. The fourth-order valence-electron chi connectivity index (χ4n) is 2.17. The number of rotatable bonds is 4. The lowest BCUT2D eigenvalue weighted by Gasteiger charge is -2.06. The maximum atomic E-state index is 13.2. The van der Waals surface area contributed by atoms with Crippen LogP contribution in [0.4, 0.5) is 13.6 Å². The fourth-order valence-corrected chi connectivity index (χ4v) is 3.04. The third kappa shape index (κ3) is 4.31. The number of fused-ring (bicyclic) bond motifs is 1. The van der Waals surface area contributed by atoms with E-state index < -0.39 is 12.3 Å². The van der Waals surface area contributed by atoms with Gasteiger partial charge in [0.25, 0.3) is 0 Å². The highest BCUT2D eigenvalue weighted by Crippen LogP contribution is 2.41. The van der Waals surface area contributed by atoms with Gasteiger partial charge >= 0.3 is 12.3 Å². The van der Waals surface area contributed by atoms with Gasteiger partial charge in [-0.2, -0.15) is 4.99 Å². The van der Waals surface area contributed by atoms with Gasteiger partial charge in [0.2, 0.25) is 0 Å². The summed E-state index contributed by atoms with van der Waals surface area (Å²) in [5.41, 5.74) is 0.457. The van der Waals surface area contributed by atoms with Crippen LogP contribution < -0.4 is 14.3 Å². The van der Waals surface area contributed by atoms with E-state index in [4.69, 9.17) is 5.11 Å². The molecule has 0 bridgehead atoms. The third-order valence-electron chi connectivity index (χ3n) is 3.36. The topological polar surface area (TPSA) is 88.7 Å². The molecule has 0 saturated carbocycles. The van der Waals surface area contributed by atoms with E-state index in [1.165, 1.54) is 34.6 Å². The average molecular weight is 398 g/mol. The number of thiazole rings is 1. The average Bonchev–Trinajstić information content (AvgIpc) is 3.12. The molecule has 1 N–H and O–H groups in total. The predicted molar refractivity (Wildman–Crippen MR) is 94.0 cm³/mol. The van der Waals surface area contributed by atoms with Crippen LogP contribution in [-0.2, 0) is 0 Å². The van der Waals surface area contributed by atoms with E-state index in [9.17, 15) is 13.6 Å². The number of aliphatic hydroxyl groups excluding tert-OH is 1. The van der Waals surface area contributed by atoms with Crippen LogP contribution in [-0.4, -0.2) is 60.4 Å². The zero-order valence-electron chi connectivity index (χ0n) is 14.4. The number of carbonyl (C=O) groups excluding carboxylic acids is 1. The number of hydrogen-bond donors (Lipinski definition) is 1. The minimum atomic E-state index is -3.71. The van der Waals surface area contributed by atoms with Gasteiger partial charge in [-0.3, -0.25) is 9.56 Å². The largest absolute Gasteiger partial charge is 0.586 e. The van der Waals surface area contributed by atoms with Gasteiger partial charge in [0.05, 0.1) is 23.7 Å². The maximum Gasteiger partial charge on any atom is 0.586 e. The molecular formula is C16H16F2N4O4S. The quantitative estimate of drug-likeness (QED) is 0.797. The van der Waals surface area contributed by atoms with Gasteiger partial charge in [-0.25, -0.2) is 4.79 Å². The minimum Gasteiger partial charge on any atom is -0.395 e. The van der Waals surface area contributed by atoms with Crippen molar-refractivity contribution in [1.29, 1.82) is 0 Å². The van der Waals surface area contributed by atoms with Crippen LogP contribution in [0.5, 0.6) is 11.5 Å². The minimum absolute atomic E-state index is 0.0767. The molecule has 1 aliphatic rings. The van der Waals surface area contributed by atoms with E-state index in [-0.39, 0.29) is 24.7 Å². The molecule has 2 heterocycles. The Morgan fingerprint density at radius 3 is 2.81 bits per heavy atom. The van der Waals surface area contributed by atoms with Crippen LogP contribution in [0.3, 0.4) is 0 Å². The van der Waals surface area contributed by atoms with E-state index >= 15 is 0 Å². The number of ether oxygens (including phenoxy) is 2. The van der Waals surface area contributed by atoms with Gasteiger partial charge in [-0.15, -0.1) is 8.78 Å². The molecule has 27 heavy (non-hydrogen) atoms. The SMILES string of the molecule is CN(C)C(=O)N=c1sc(C=NCCO)cn1-c1ccc2c(c1)OC(F)(F)O2. The molecule has 1 aromatic carbocycles. The van der Waals surface area contributed by atoms with Gasteiger partial charge in [-0.1, -0.05) is 11.3 Å². The van der Waals surface area contributed by atoms with Crippen LogP contribution in [0, 0.1) is 0 Å². The van der Waals surface area contributed by atoms with Gasteiger partial charge in [0.15, 0.2) is 16.3 Å². The first-order valence-corrected chi connectivity index (χ1v) is 8.60. The van der Waals surface area contributed by atoms with Crippen molar-refractivity contribution in [2.45, 2.75) is 6.29 Å². The van der Waals surface area contributed by atoms with Crippen molar-refractivity contribution in [3.63, 3.8) is 0 Å². The Morgan fingerprint density at radius 1 is 1.37 bits per heavy atom. The third-order valence-corrected chi connectivity index (χ3v) is 4.27. The molecule has 2 amide bonds. The summed E-state index contributed by atoms with van der Waals surface area (Å²) in [6.07, 6.45) is -0.517. The summed E-state index contributed by atoms with van der Waals surface area (Å²) in [4.78, 5) is 22.4. The monoisotopic (exact) mass is 398 g/mol. The normalized spacial score (nSPS) is 15.5. The Hall–Kier alpha value is -2.79. The van der Waals surface area contributed by atoms with Gasteiger partial charge in [0, 0.05) is 32.6 Å². The summed E-state index contributed by atoms with van der Waals surface area (Å²) in [5.74, 6) is -0.191. The van der Waals surface area contributed by atoms with Gasteiger partial charge in [-0.05, 0) is 12.1 Å². The van der Waals surface area contributed by atoms with Crippen LogP contribution in [0.15, 0.2) is 34.4 Å². The summed E-state index contributed by atoms with van der Waals surface area (Å²) in [6.45, 7) is 0.148. The molecule has 0 saturated heterocycles. The van der Waals surface area contributed by atoms with Crippen molar-refractivity contribution >= 4 is 23.6 Å². The van der Waals surface area contributed by atoms with Crippen molar-refractivity contribution in [2.75, 3.05) is 27.2 Å². The van der Waals surface area contributed by atoms with Crippen molar-refractivity contribution < 1.29 is 28.2 Å². The first kappa shape index (κ1) is 19.0. The zero-order chi connectivity index (χ0) is 19.6. The molecule has 0 aliphatic carbocycles. The molecule has 1 aliphatic heterocycles. The highest BCUT2D eigenvalue weighted by molar-refractivity contribution is 7.11. The number of aromatic nitrogens is 1. The van der Waals surface area contributed by atoms with E-state index in [1.807, 2.05) is 0 Å². The van der Waals surface area contributed by atoms with E-state index in [1.54, 1.807) is 30.9 Å². The number of benzene rings is 1. The molecule has 144 valence electrons. The lowest BCUT2D eigenvalue weighted by Crippen LogP contribution is -2.26. The Kier molecular flexibility index (Phi) is 5.24. The van der Waals surface area contributed by atoms with Crippen LogP contribution in [0.2, 0.25) is 0 Å². The van der Waals surface area contributed by atoms with Gasteiger partial charge < -0.3 is 19.5 Å². The van der Waals surface area contributed by atoms with E-state index in [0.717, 1.165) is 0 Å². The molecular weight excluding hydrogens is 382 g/mol. The van der Waals surface area contributed by atoms with Gasteiger partial charge in [0.1, 0.15) is 0 Å². The fraction of sp³-hybridized carbons (Fsp3) is 0.312. The summed E-state index contributed by atoms with van der Waals surface area (Å²) >= 11 is 1.18. The number of alkyl halides is 2. The molecule has 3 rings (SSSR count). The second kappa shape index (κ2) is 7.45. The standard InChI is InChI=1S/C16H16F2N4O4S/c1-21(2)14(24)20-15-22(9-11(27-15)8-19-5-6-23)10-3-4-12-13(7-10)26-16(17,18)25-12/h3-4,7-9,23H,5-6H2,1-2H3. The second-order valence-electron chi connectivity index (χ2n) is 5.63. The Balaban J connectivity index is 2.05. The van der Waals surface area contributed by atoms with Crippen molar-refractivity contribution in [3.8, 4) is 17.2 Å². The highest BCUT2D eigenvalue weighted by atomic mass is 32.1. The number of amides is 2. The van der Waals surface area contributed by atoms with Crippen LogP contribution in [0.1, 0.15) is 4.88 Å². The number of aliphatic hydroxyl groups is 1. The molecule has 11 heteroatoms. The molecule has 0 fully saturated rings. The predicted octanol–water partition coefficient (Wildman–Crippen LogP) is 1.85. The molecule has 0 spiro atoms. The molecule has 1 aromatic heterocycles.